The van der Waals surface area contributed by atoms with Gasteiger partial charge in [-0.05, 0) is 48.9 Å². The molecule has 2 aliphatic rings. The van der Waals surface area contributed by atoms with E-state index >= 15 is 0 Å². The van der Waals surface area contributed by atoms with Crippen LogP contribution in [-0.4, -0.2) is 17.0 Å². The van der Waals surface area contributed by atoms with Crippen LogP contribution in [0, 0.1) is 0 Å². The molecule has 3 heterocycles. The summed E-state index contributed by atoms with van der Waals surface area (Å²) in [4.78, 5) is 30.0. The zero-order chi connectivity index (χ0) is 24.3. The molecule has 1 N–H and O–H groups in total. The van der Waals surface area contributed by atoms with E-state index in [9.17, 15) is 9.59 Å². The Labute approximate surface area is 212 Å². The summed E-state index contributed by atoms with van der Waals surface area (Å²) >= 11 is 13.0. The molecule has 0 spiro atoms. The zero-order valence-electron chi connectivity index (χ0n) is 18.9. The third-order valence-electron chi connectivity index (χ3n) is 6.90. The van der Waals surface area contributed by atoms with E-state index in [0.717, 1.165) is 22.6 Å². The number of nitrogens with one attached hydrogen (secondary N) is 1. The van der Waals surface area contributed by atoms with E-state index in [1.807, 2.05) is 61.5 Å². The number of fused-ring (bicyclic) bond motifs is 2. The van der Waals surface area contributed by atoms with Gasteiger partial charge in [0.1, 0.15) is 5.82 Å². The van der Waals surface area contributed by atoms with Crippen molar-refractivity contribution in [3.63, 3.8) is 0 Å². The van der Waals surface area contributed by atoms with Crippen molar-refractivity contribution in [2.75, 3.05) is 16.8 Å². The van der Waals surface area contributed by atoms with Crippen LogP contribution in [0.2, 0.25) is 10.0 Å². The minimum Gasteiger partial charge on any atom is -0.329 e. The van der Waals surface area contributed by atoms with Crippen molar-refractivity contribution >= 4 is 51.5 Å². The van der Waals surface area contributed by atoms with Crippen molar-refractivity contribution < 1.29 is 4.79 Å². The number of hydrogen-bond acceptors (Lipinski definition) is 3. The first kappa shape index (κ1) is 22.0. The lowest BCUT2D eigenvalue weighted by Gasteiger charge is -2.35. The molecule has 3 aromatic carbocycles. The maximum Gasteiger partial charge on any atom is 0.254 e. The second-order valence-electron chi connectivity index (χ2n) is 8.80. The summed E-state index contributed by atoms with van der Waals surface area (Å²) in [7, 11) is 0. The SMILES string of the molecule is CC1=C(C(=O)Nc2ccccc2)C(c2ccccc2Cl)c2c3n(c4ccc(Cl)cc4c2=O)CCN13. The molecule has 2 aliphatic heterocycles. The Morgan fingerprint density at radius 3 is 2.49 bits per heavy atom. The lowest BCUT2D eigenvalue weighted by atomic mass is 9.80. The van der Waals surface area contributed by atoms with Gasteiger partial charge in [0.05, 0.1) is 17.0 Å². The van der Waals surface area contributed by atoms with Gasteiger partial charge in [0, 0.05) is 45.5 Å². The maximum atomic E-state index is 14.1. The monoisotopic (exact) mass is 501 g/mol. The molecule has 4 aromatic rings. The number of allylic oxidation sites excluding steroid dienone is 1. The standard InChI is InChI=1S/C28H21Cl2N3O2/c1-16-23(27(35)31-18-7-3-2-4-8-18)24(19-9-5-6-10-21(19)30)25-26(34)20-15-17(29)11-12-22(20)33-14-13-32(16)28(25)33/h2-12,15,24H,13-14H2,1H3,(H,31,35). The Morgan fingerprint density at radius 1 is 0.971 bits per heavy atom. The second-order valence-corrected chi connectivity index (χ2v) is 9.65. The first-order valence-electron chi connectivity index (χ1n) is 11.4. The van der Waals surface area contributed by atoms with Crippen LogP contribution in [0.1, 0.15) is 24.0 Å². The lowest BCUT2D eigenvalue weighted by molar-refractivity contribution is -0.113. The highest BCUT2D eigenvalue weighted by atomic mass is 35.5. The third kappa shape index (κ3) is 3.38. The van der Waals surface area contributed by atoms with Gasteiger partial charge in [-0.25, -0.2) is 0 Å². The molecule has 0 aliphatic carbocycles. The fourth-order valence-corrected chi connectivity index (χ4v) is 5.79. The van der Waals surface area contributed by atoms with Gasteiger partial charge in [0.2, 0.25) is 0 Å². The number of para-hydroxylation sites is 1. The molecule has 1 unspecified atom stereocenters. The van der Waals surface area contributed by atoms with Crippen LogP contribution in [0.3, 0.4) is 0 Å². The Bertz CT molecular complexity index is 1610. The molecule has 174 valence electrons. The largest absolute Gasteiger partial charge is 0.329 e. The van der Waals surface area contributed by atoms with E-state index < -0.39 is 5.92 Å². The van der Waals surface area contributed by atoms with Crippen LogP contribution >= 0.6 is 23.2 Å². The van der Waals surface area contributed by atoms with E-state index in [2.05, 4.69) is 14.8 Å². The molecule has 1 aromatic heterocycles. The van der Waals surface area contributed by atoms with Crippen molar-refractivity contribution in [3.05, 3.63) is 115 Å². The number of carbonyl (C=O) groups excluding carboxylic acids is 1. The average Bonchev–Trinajstić information content (AvgIpc) is 3.30. The molecule has 0 fully saturated rings. The molecule has 0 radical (unpaired) electrons. The molecule has 0 saturated heterocycles. The molecule has 0 bridgehead atoms. The normalized spacial score (nSPS) is 16.5. The first-order valence-corrected chi connectivity index (χ1v) is 12.2. The highest BCUT2D eigenvalue weighted by molar-refractivity contribution is 6.32. The fraction of sp³-hybridized carbons (Fsp3) is 0.143. The highest BCUT2D eigenvalue weighted by Gasteiger charge is 2.42. The summed E-state index contributed by atoms with van der Waals surface area (Å²) in [6, 6.07) is 22.1. The van der Waals surface area contributed by atoms with Crippen LogP contribution in [-0.2, 0) is 11.3 Å². The number of aromatic nitrogens is 1. The Kier molecular flexibility index (Phi) is 5.20. The highest BCUT2D eigenvalue weighted by Crippen LogP contribution is 2.48. The van der Waals surface area contributed by atoms with Gasteiger partial charge < -0.3 is 14.8 Å². The average molecular weight is 502 g/mol. The predicted octanol–water partition coefficient (Wildman–Crippen LogP) is 6.19. The van der Waals surface area contributed by atoms with Crippen LogP contribution in [0.15, 0.2) is 88.9 Å². The van der Waals surface area contributed by atoms with E-state index in [-0.39, 0.29) is 11.3 Å². The summed E-state index contributed by atoms with van der Waals surface area (Å²) in [6.45, 7) is 3.30. The van der Waals surface area contributed by atoms with Crippen LogP contribution in [0.4, 0.5) is 11.5 Å². The molecule has 6 rings (SSSR count). The smallest absolute Gasteiger partial charge is 0.254 e. The van der Waals surface area contributed by atoms with Crippen LogP contribution in [0.5, 0.6) is 0 Å². The summed E-state index contributed by atoms with van der Waals surface area (Å²) in [5.41, 5.74) is 3.99. The summed E-state index contributed by atoms with van der Waals surface area (Å²) in [5, 5.41) is 4.56. The summed E-state index contributed by atoms with van der Waals surface area (Å²) in [6.07, 6.45) is 0. The van der Waals surface area contributed by atoms with Crippen LogP contribution in [0.25, 0.3) is 10.9 Å². The molecular formula is C28H21Cl2N3O2. The van der Waals surface area contributed by atoms with Crippen LogP contribution < -0.4 is 15.6 Å². The van der Waals surface area contributed by atoms with Crippen molar-refractivity contribution in [2.45, 2.75) is 19.4 Å². The fourth-order valence-electron chi connectivity index (χ4n) is 5.38. The van der Waals surface area contributed by atoms with Gasteiger partial charge >= 0.3 is 0 Å². The van der Waals surface area contributed by atoms with Crippen molar-refractivity contribution in [1.29, 1.82) is 0 Å². The number of pyridine rings is 1. The van der Waals surface area contributed by atoms with Gasteiger partial charge in [-0.15, -0.1) is 0 Å². The second kappa shape index (κ2) is 8.29. The zero-order valence-corrected chi connectivity index (χ0v) is 20.4. The lowest BCUT2D eigenvalue weighted by Crippen LogP contribution is -2.36. The Hall–Kier alpha value is -3.54. The number of nitrogens with zero attached hydrogens (tertiary/aromatic N) is 2. The first-order chi connectivity index (χ1) is 17.0. The number of halogens is 2. The van der Waals surface area contributed by atoms with Gasteiger partial charge in [-0.1, -0.05) is 59.6 Å². The third-order valence-corrected chi connectivity index (χ3v) is 7.48. The van der Waals surface area contributed by atoms with E-state index in [1.54, 1.807) is 18.2 Å². The number of rotatable bonds is 3. The van der Waals surface area contributed by atoms with E-state index in [4.69, 9.17) is 23.2 Å². The number of carbonyl (C=O) groups is 1. The molecule has 0 saturated carbocycles. The minimum absolute atomic E-state index is 0.136. The van der Waals surface area contributed by atoms with Gasteiger partial charge in [-0.3, -0.25) is 9.59 Å². The topological polar surface area (TPSA) is 54.3 Å². The summed E-state index contributed by atoms with van der Waals surface area (Å²) < 4.78 is 2.15. The minimum atomic E-state index is -0.626. The predicted molar refractivity (Wildman–Crippen MR) is 142 cm³/mol. The van der Waals surface area contributed by atoms with Crippen molar-refractivity contribution in [2.24, 2.45) is 0 Å². The number of hydrogen-bond donors (Lipinski definition) is 1. The maximum absolute atomic E-state index is 14.1. The molecule has 1 amide bonds. The molecular weight excluding hydrogens is 481 g/mol. The van der Waals surface area contributed by atoms with Gasteiger partial charge in [0.25, 0.3) is 5.91 Å². The van der Waals surface area contributed by atoms with Gasteiger partial charge in [-0.2, -0.15) is 0 Å². The number of benzene rings is 3. The van der Waals surface area contributed by atoms with E-state index in [0.29, 0.717) is 45.3 Å². The van der Waals surface area contributed by atoms with E-state index in [1.165, 1.54) is 0 Å². The Morgan fingerprint density at radius 2 is 1.71 bits per heavy atom. The van der Waals surface area contributed by atoms with Crippen molar-refractivity contribution in [3.8, 4) is 0 Å². The van der Waals surface area contributed by atoms with Gasteiger partial charge in [0.15, 0.2) is 5.43 Å². The Balaban J connectivity index is 1.66. The quantitative estimate of drug-likeness (QED) is 0.364. The summed E-state index contributed by atoms with van der Waals surface area (Å²) in [5.74, 6) is -0.0595. The van der Waals surface area contributed by atoms with Crippen molar-refractivity contribution in [1.82, 2.24) is 4.57 Å². The molecule has 7 heteroatoms. The number of anilines is 2. The molecule has 1 atom stereocenters. The molecule has 5 nitrogen and oxygen atoms in total. The molecule has 35 heavy (non-hydrogen) atoms. The number of amides is 1.